The summed E-state index contributed by atoms with van der Waals surface area (Å²) in [6, 6.07) is 0. The normalized spacial score (nSPS) is 10.9. The summed E-state index contributed by atoms with van der Waals surface area (Å²) in [5, 5.41) is 0. The smallest absolute Gasteiger partial charge is 0.334 e. The van der Waals surface area contributed by atoms with Gasteiger partial charge in [-0.1, -0.05) is 12.2 Å². The summed E-state index contributed by atoms with van der Waals surface area (Å²) in [4.78, 5) is 51.2. The van der Waals surface area contributed by atoms with Gasteiger partial charge >= 0.3 is 23.0 Å². The first-order valence-electron chi connectivity index (χ1n) is 6.28. The number of allylic oxidation sites excluding steroid dienone is 2. The van der Waals surface area contributed by atoms with Crippen LogP contribution in [0.5, 0.6) is 0 Å². The van der Waals surface area contributed by atoms with E-state index in [0.29, 0.717) is 4.57 Å². The molecule has 8 nitrogen and oxygen atoms in total. The molecule has 8 heteroatoms. The fourth-order valence-corrected chi connectivity index (χ4v) is 2.09. The quantitative estimate of drug-likeness (QED) is 0.526. The van der Waals surface area contributed by atoms with Crippen LogP contribution in [0.1, 0.15) is 19.8 Å². The highest BCUT2D eigenvalue weighted by Crippen LogP contribution is 2.25. The van der Waals surface area contributed by atoms with Crippen molar-refractivity contribution in [1.82, 2.24) is 14.5 Å². The molecule has 0 spiro atoms. The number of carbonyl (C=O) groups is 1. The third-order valence-corrected chi connectivity index (χ3v) is 2.89. The lowest BCUT2D eigenvalue weighted by molar-refractivity contribution is -0.154. The Morgan fingerprint density at radius 2 is 1.67 bits per heavy atom. The van der Waals surface area contributed by atoms with Gasteiger partial charge in [0.15, 0.2) is 5.54 Å². The molecule has 114 valence electrons. The maximum Gasteiger partial charge on any atom is 0.334 e. The lowest BCUT2D eigenvalue weighted by Crippen LogP contribution is -2.57. The lowest BCUT2D eigenvalue weighted by Gasteiger charge is -2.30. The summed E-state index contributed by atoms with van der Waals surface area (Å²) in [5.74, 6) is -0.774. The molecule has 0 aliphatic carbocycles. The highest BCUT2D eigenvalue weighted by molar-refractivity contribution is 5.79. The highest BCUT2D eigenvalue weighted by Gasteiger charge is 2.42. The van der Waals surface area contributed by atoms with E-state index in [4.69, 9.17) is 4.74 Å². The molecule has 21 heavy (non-hydrogen) atoms. The standard InChI is InChI=1S/C13H17N3O5/c1-4-7-13(8-5-2,9(17)21-6-3)16-11(19)14-10(18)15-12(16)20/h4-5H,1-2,6-8H2,3H3,(H2,14,15,18,19,20). The molecule has 0 amide bonds. The van der Waals surface area contributed by atoms with Crippen LogP contribution >= 0.6 is 0 Å². The van der Waals surface area contributed by atoms with E-state index in [1.807, 2.05) is 9.97 Å². The summed E-state index contributed by atoms with van der Waals surface area (Å²) in [7, 11) is 0. The van der Waals surface area contributed by atoms with Crippen molar-refractivity contribution in [3.63, 3.8) is 0 Å². The van der Waals surface area contributed by atoms with E-state index in [1.54, 1.807) is 6.92 Å². The number of rotatable bonds is 7. The fourth-order valence-electron chi connectivity index (χ4n) is 2.09. The molecule has 0 radical (unpaired) electrons. The second-order valence-electron chi connectivity index (χ2n) is 4.26. The van der Waals surface area contributed by atoms with Crippen molar-refractivity contribution in [2.24, 2.45) is 0 Å². The van der Waals surface area contributed by atoms with E-state index in [-0.39, 0.29) is 19.4 Å². The summed E-state index contributed by atoms with van der Waals surface area (Å²) in [6.07, 6.45) is 2.70. The van der Waals surface area contributed by atoms with Crippen LogP contribution in [0.3, 0.4) is 0 Å². The van der Waals surface area contributed by atoms with E-state index in [2.05, 4.69) is 13.2 Å². The molecule has 0 bridgehead atoms. The lowest BCUT2D eigenvalue weighted by atomic mass is 9.90. The topological polar surface area (TPSA) is 114 Å². The van der Waals surface area contributed by atoms with Gasteiger partial charge in [0, 0.05) is 12.8 Å². The van der Waals surface area contributed by atoms with Gasteiger partial charge in [0.25, 0.3) is 0 Å². The number of ether oxygens (including phenoxy) is 1. The number of carbonyl (C=O) groups excluding carboxylic acids is 1. The summed E-state index contributed by atoms with van der Waals surface area (Å²) < 4.78 is 5.60. The number of aromatic nitrogens is 3. The molecule has 0 unspecified atom stereocenters. The molecule has 0 saturated heterocycles. The monoisotopic (exact) mass is 295 g/mol. The highest BCUT2D eigenvalue weighted by atomic mass is 16.5. The molecule has 2 N–H and O–H groups in total. The van der Waals surface area contributed by atoms with Gasteiger partial charge in [0.2, 0.25) is 0 Å². The van der Waals surface area contributed by atoms with Crippen molar-refractivity contribution in [1.29, 1.82) is 0 Å². The number of aromatic amines is 2. The first-order chi connectivity index (χ1) is 9.92. The first-order valence-corrected chi connectivity index (χ1v) is 6.28. The van der Waals surface area contributed by atoms with Gasteiger partial charge in [-0.15, -0.1) is 13.2 Å². The minimum atomic E-state index is -1.63. The minimum Gasteiger partial charge on any atom is -0.464 e. The Balaban J connectivity index is 3.71. The van der Waals surface area contributed by atoms with Gasteiger partial charge < -0.3 is 4.74 Å². The maximum absolute atomic E-state index is 12.3. The average molecular weight is 295 g/mol. The Kier molecular flexibility index (Phi) is 5.23. The summed E-state index contributed by atoms with van der Waals surface area (Å²) >= 11 is 0. The van der Waals surface area contributed by atoms with E-state index >= 15 is 0 Å². The van der Waals surface area contributed by atoms with E-state index in [1.165, 1.54) is 12.2 Å². The van der Waals surface area contributed by atoms with Crippen molar-refractivity contribution < 1.29 is 9.53 Å². The molecule has 0 aromatic carbocycles. The Labute approximate surface area is 119 Å². The molecule has 0 saturated carbocycles. The molecule has 0 fully saturated rings. The van der Waals surface area contributed by atoms with E-state index in [9.17, 15) is 19.2 Å². The second-order valence-corrected chi connectivity index (χ2v) is 4.26. The zero-order valence-corrected chi connectivity index (χ0v) is 11.7. The molecule has 1 rings (SSSR count). The van der Waals surface area contributed by atoms with Crippen LogP contribution in [0.4, 0.5) is 0 Å². The molecule has 1 heterocycles. The van der Waals surface area contributed by atoms with Crippen LogP contribution in [0.2, 0.25) is 0 Å². The van der Waals surface area contributed by atoms with Crippen LogP contribution in [0, 0.1) is 0 Å². The third-order valence-electron chi connectivity index (χ3n) is 2.89. The van der Waals surface area contributed by atoms with Gasteiger partial charge in [-0.3, -0.25) is 9.97 Å². The van der Waals surface area contributed by atoms with Crippen LogP contribution in [-0.4, -0.2) is 27.1 Å². The fraction of sp³-hybridized carbons (Fsp3) is 0.385. The molecule has 0 aliphatic heterocycles. The number of nitrogens with zero attached hydrogens (tertiary/aromatic N) is 1. The molecule has 0 aliphatic rings. The molecule has 0 atom stereocenters. The van der Waals surface area contributed by atoms with Crippen LogP contribution in [0.15, 0.2) is 39.7 Å². The maximum atomic E-state index is 12.3. The first kappa shape index (κ1) is 16.4. The second kappa shape index (κ2) is 6.69. The third kappa shape index (κ3) is 3.10. The van der Waals surface area contributed by atoms with E-state index < -0.39 is 28.6 Å². The number of H-pyrrole nitrogens is 2. The van der Waals surface area contributed by atoms with Gasteiger partial charge in [-0.2, -0.15) is 0 Å². The predicted octanol–water partition coefficient (Wildman–Crippen LogP) is -0.364. The van der Waals surface area contributed by atoms with Crippen molar-refractivity contribution in [3.8, 4) is 0 Å². The number of nitrogens with one attached hydrogen (secondary N) is 2. The van der Waals surface area contributed by atoms with Gasteiger partial charge in [0.1, 0.15) is 0 Å². The Morgan fingerprint density at radius 1 is 1.19 bits per heavy atom. The van der Waals surface area contributed by atoms with Crippen LogP contribution in [0.25, 0.3) is 0 Å². The summed E-state index contributed by atoms with van der Waals surface area (Å²) in [5.41, 5.74) is -4.58. The zero-order chi connectivity index (χ0) is 16.0. The Hall–Kier alpha value is -2.64. The molecule has 1 aromatic heterocycles. The van der Waals surface area contributed by atoms with Crippen molar-refractivity contribution in [2.75, 3.05) is 6.61 Å². The molecular weight excluding hydrogens is 278 g/mol. The predicted molar refractivity (Wildman–Crippen MR) is 76.2 cm³/mol. The Bertz CT molecular complexity index is 665. The van der Waals surface area contributed by atoms with Gasteiger partial charge in [0.05, 0.1) is 6.61 Å². The number of hydrogen-bond acceptors (Lipinski definition) is 5. The largest absolute Gasteiger partial charge is 0.464 e. The SMILES string of the molecule is C=CCC(CC=C)(C(=O)OCC)n1c(=O)[nH]c(=O)[nH]c1=O. The van der Waals surface area contributed by atoms with Gasteiger partial charge in [-0.25, -0.2) is 23.7 Å². The van der Waals surface area contributed by atoms with Crippen molar-refractivity contribution in [3.05, 3.63) is 56.8 Å². The number of esters is 1. The zero-order valence-electron chi connectivity index (χ0n) is 11.7. The minimum absolute atomic E-state index is 0.0348. The number of hydrogen-bond donors (Lipinski definition) is 2. The molecule has 1 aromatic rings. The van der Waals surface area contributed by atoms with Crippen molar-refractivity contribution >= 4 is 5.97 Å². The van der Waals surface area contributed by atoms with Gasteiger partial charge in [-0.05, 0) is 6.92 Å². The van der Waals surface area contributed by atoms with E-state index in [0.717, 1.165) is 0 Å². The average Bonchev–Trinajstić information content (AvgIpc) is 2.37. The van der Waals surface area contributed by atoms with Crippen LogP contribution < -0.4 is 17.1 Å². The molecular formula is C13H17N3O5. The summed E-state index contributed by atoms with van der Waals surface area (Å²) in [6.45, 7) is 8.74. The van der Waals surface area contributed by atoms with Crippen LogP contribution in [-0.2, 0) is 15.1 Å². The van der Waals surface area contributed by atoms with Crippen molar-refractivity contribution in [2.45, 2.75) is 25.3 Å². The Morgan fingerprint density at radius 3 is 2.05 bits per heavy atom.